The molecule has 2 nitrogen and oxygen atoms in total. The van der Waals surface area contributed by atoms with E-state index in [9.17, 15) is 0 Å². The number of nitrogens with two attached hydrogens (primary N) is 1. The maximum Gasteiger partial charge on any atom is 0.0496 e. The minimum atomic E-state index is 0.0318. The Hall–Kier alpha value is 0.1000. The Balaban J connectivity index is 2.16. The second kappa shape index (κ2) is 5.39. The fourth-order valence-corrected chi connectivity index (χ4v) is 4.14. The second-order valence-electron chi connectivity index (χ2n) is 5.35. The van der Waals surface area contributed by atoms with Gasteiger partial charge in [-0.2, -0.15) is 11.3 Å². The topological polar surface area (TPSA) is 29.3 Å². The van der Waals surface area contributed by atoms with Gasteiger partial charge in [0, 0.05) is 21.4 Å². The Morgan fingerprint density at radius 3 is 2.47 bits per heavy atom. The van der Waals surface area contributed by atoms with Crippen molar-refractivity contribution in [2.24, 2.45) is 5.73 Å². The molecular formula is C13H21BrN2S. The highest BCUT2D eigenvalue weighted by atomic mass is 79.9. The first-order chi connectivity index (χ1) is 8.03. The number of thiophene rings is 1. The van der Waals surface area contributed by atoms with Crippen LogP contribution in [0, 0.1) is 0 Å². The number of rotatable bonds is 3. The lowest BCUT2D eigenvalue weighted by Gasteiger charge is -2.44. The van der Waals surface area contributed by atoms with E-state index in [-0.39, 0.29) is 11.6 Å². The average molecular weight is 317 g/mol. The van der Waals surface area contributed by atoms with Gasteiger partial charge in [-0.1, -0.05) is 6.42 Å². The summed E-state index contributed by atoms with van der Waals surface area (Å²) in [5.74, 6) is 0. The largest absolute Gasteiger partial charge is 0.322 e. The molecule has 1 fully saturated rings. The third kappa shape index (κ3) is 2.75. The Morgan fingerprint density at radius 1 is 1.29 bits per heavy atom. The zero-order valence-corrected chi connectivity index (χ0v) is 13.0. The van der Waals surface area contributed by atoms with Gasteiger partial charge >= 0.3 is 0 Å². The molecule has 0 aromatic carbocycles. The van der Waals surface area contributed by atoms with E-state index >= 15 is 0 Å². The lowest BCUT2D eigenvalue weighted by molar-refractivity contribution is 0.0729. The molecule has 1 saturated heterocycles. The van der Waals surface area contributed by atoms with Crippen molar-refractivity contribution in [2.45, 2.75) is 44.7 Å². The Kier molecular flexibility index (Phi) is 4.29. The summed E-state index contributed by atoms with van der Waals surface area (Å²) in [5.41, 5.74) is 7.76. The highest BCUT2D eigenvalue weighted by Gasteiger charge is 2.35. The molecule has 0 bridgehead atoms. The number of nitrogens with zero attached hydrogens (tertiary/aromatic N) is 1. The summed E-state index contributed by atoms with van der Waals surface area (Å²) in [6.07, 6.45) is 3.98. The van der Waals surface area contributed by atoms with Crippen molar-refractivity contribution >= 4 is 27.3 Å². The van der Waals surface area contributed by atoms with Crippen molar-refractivity contribution in [2.75, 3.05) is 13.1 Å². The van der Waals surface area contributed by atoms with Crippen LogP contribution in [0.3, 0.4) is 0 Å². The van der Waals surface area contributed by atoms with Crippen LogP contribution in [0.15, 0.2) is 15.2 Å². The van der Waals surface area contributed by atoms with E-state index in [2.05, 4.69) is 45.4 Å². The van der Waals surface area contributed by atoms with E-state index < -0.39 is 0 Å². The highest BCUT2D eigenvalue weighted by Crippen LogP contribution is 2.36. The lowest BCUT2D eigenvalue weighted by Crippen LogP contribution is -2.53. The van der Waals surface area contributed by atoms with Gasteiger partial charge in [-0.15, -0.1) is 0 Å². The summed E-state index contributed by atoms with van der Waals surface area (Å²) in [6, 6.07) is 0.0706. The van der Waals surface area contributed by atoms with Crippen LogP contribution in [-0.4, -0.2) is 23.5 Å². The molecule has 0 amide bonds. The minimum absolute atomic E-state index is 0.0318. The predicted octanol–water partition coefficient (Wildman–Crippen LogP) is 3.77. The molecule has 1 aliphatic rings. The first-order valence-corrected chi connectivity index (χ1v) is 7.99. The summed E-state index contributed by atoms with van der Waals surface area (Å²) < 4.78 is 1.15. The molecule has 1 aromatic heterocycles. The fourth-order valence-electron chi connectivity index (χ4n) is 2.56. The molecule has 0 aliphatic carbocycles. The number of hydrogen-bond acceptors (Lipinski definition) is 3. The van der Waals surface area contributed by atoms with Crippen molar-refractivity contribution in [3.05, 3.63) is 20.8 Å². The third-order valence-corrected chi connectivity index (χ3v) is 5.66. The van der Waals surface area contributed by atoms with Crippen molar-refractivity contribution in [3.63, 3.8) is 0 Å². The van der Waals surface area contributed by atoms with Gasteiger partial charge in [0.15, 0.2) is 0 Å². The first kappa shape index (κ1) is 13.5. The molecular weight excluding hydrogens is 296 g/mol. The lowest BCUT2D eigenvalue weighted by atomic mass is 9.87. The standard InChI is InChI=1S/C13H21BrN2S/c1-13(2,16-6-4-3-5-7-16)12(15)10-8-17-9-11(10)14/h8-9,12H,3-7,15H2,1-2H3. The van der Waals surface area contributed by atoms with Gasteiger partial charge in [0.05, 0.1) is 0 Å². The summed E-state index contributed by atoms with van der Waals surface area (Å²) in [4.78, 5) is 2.55. The van der Waals surface area contributed by atoms with Crippen LogP contribution in [0.25, 0.3) is 0 Å². The Bertz CT molecular complexity index is 369. The molecule has 1 atom stereocenters. The monoisotopic (exact) mass is 316 g/mol. The van der Waals surface area contributed by atoms with Crippen LogP contribution in [0.1, 0.15) is 44.7 Å². The summed E-state index contributed by atoms with van der Waals surface area (Å²) in [5, 5.41) is 4.28. The van der Waals surface area contributed by atoms with Crippen LogP contribution in [0.4, 0.5) is 0 Å². The van der Waals surface area contributed by atoms with Gasteiger partial charge < -0.3 is 5.73 Å². The Morgan fingerprint density at radius 2 is 1.94 bits per heavy atom. The van der Waals surface area contributed by atoms with Gasteiger partial charge in [0.2, 0.25) is 0 Å². The van der Waals surface area contributed by atoms with E-state index in [1.165, 1.54) is 37.9 Å². The van der Waals surface area contributed by atoms with Gasteiger partial charge in [-0.3, -0.25) is 4.90 Å². The van der Waals surface area contributed by atoms with Crippen LogP contribution in [0.2, 0.25) is 0 Å². The number of likely N-dealkylation sites (tertiary alicyclic amines) is 1. The van der Waals surface area contributed by atoms with E-state index in [0.717, 1.165) is 4.47 Å². The predicted molar refractivity (Wildman–Crippen MR) is 78.5 cm³/mol. The molecule has 0 spiro atoms. The fraction of sp³-hybridized carbons (Fsp3) is 0.692. The molecule has 2 N–H and O–H groups in total. The van der Waals surface area contributed by atoms with Gasteiger partial charge in [-0.05, 0) is 66.7 Å². The number of piperidine rings is 1. The maximum absolute atomic E-state index is 6.48. The molecule has 1 aliphatic heterocycles. The molecule has 2 rings (SSSR count). The summed E-state index contributed by atoms with van der Waals surface area (Å²) in [7, 11) is 0. The summed E-state index contributed by atoms with van der Waals surface area (Å²) >= 11 is 5.31. The molecule has 1 unspecified atom stereocenters. The quantitative estimate of drug-likeness (QED) is 0.919. The number of halogens is 1. The Labute approximate surface area is 116 Å². The van der Waals surface area contributed by atoms with E-state index in [1.807, 2.05) is 0 Å². The minimum Gasteiger partial charge on any atom is -0.322 e. The van der Waals surface area contributed by atoms with Crippen LogP contribution in [0.5, 0.6) is 0 Å². The highest BCUT2D eigenvalue weighted by molar-refractivity contribution is 9.10. The SMILES string of the molecule is CC(C)(C(N)c1cscc1Br)N1CCCCC1. The molecule has 96 valence electrons. The van der Waals surface area contributed by atoms with E-state index in [0.29, 0.717) is 0 Å². The van der Waals surface area contributed by atoms with Crippen LogP contribution in [-0.2, 0) is 0 Å². The average Bonchev–Trinajstić information content (AvgIpc) is 2.75. The molecule has 2 heterocycles. The number of hydrogen-bond donors (Lipinski definition) is 1. The maximum atomic E-state index is 6.48. The zero-order valence-electron chi connectivity index (χ0n) is 10.6. The smallest absolute Gasteiger partial charge is 0.0496 e. The van der Waals surface area contributed by atoms with Crippen LogP contribution >= 0.6 is 27.3 Å². The van der Waals surface area contributed by atoms with Crippen molar-refractivity contribution < 1.29 is 0 Å². The van der Waals surface area contributed by atoms with E-state index in [1.54, 1.807) is 11.3 Å². The van der Waals surface area contributed by atoms with Gasteiger partial charge in [0.25, 0.3) is 0 Å². The third-order valence-electron chi connectivity index (χ3n) is 3.91. The van der Waals surface area contributed by atoms with Gasteiger partial charge in [-0.25, -0.2) is 0 Å². The molecule has 0 saturated carbocycles. The van der Waals surface area contributed by atoms with Crippen LogP contribution < -0.4 is 5.73 Å². The normalized spacial score (nSPS) is 20.5. The van der Waals surface area contributed by atoms with Crippen molar-refractivity contribution in [3.8, 4) is 0 Å². The van der Waals surface area contributed by atoms with Gasteiger partial charge in [0.1, 0.15) is 0 Å². The van der Waals surface area contributed by atoms with Crippen molar-refractivity contribution in [1.29, 1.82) is 0 Å². The summed E-state index contributed by atoms with van der Waals surface area (Å²) in [6.45, 7) is 6.91. The molecule has 4 heteroatoms. The molecule has 1 aromatic rings. The second-order valence-corrected chi connectivity index (χ2v) is 6.95. The van der Waals surface area contributed by atoms with Crippen molar-refractivity contribution in [1.82, 2.24) is 4.90 Å². The zero-order chi connectivity index (χ0) is 12.5. The molecule has 0 radical (unpaired) electrons. The first-order valence-electron chi connectivity index (χ1n) is 6.25. The molecule has 17 heavy (non-hydrogen) atoms. The van der Waals surface area contributed by atoms with E-state index in [4.69, 9.17) is 5.73 Å².